The first-order valence-electron chi connectivity index (χ1n) is 4.80. The SMILES string of the molecule is NCCC1=CC2CC2CCC1. The van der Waals surface area contributed by atoms with Crippen molar-refractivity contribution < 1.29 is 0 Å². The van der Waals surface area contributed by atoms with Crippen molar-refractivity contribution in [3.63, 3.8) is 0 Å². The molecule has 1 saturated carbocycles. The Morgan fingerprint density at radius 2 is 2.45 bits per heavy atom. The van der Waals surface area contributed by atoms with Crippen LogP contribution >= 0.6 is 0 Å². The van der Waals surface area contributed by atoms with Crippen LogP contribution < -0.4 is 5.73 Å². The molecular formula is C10H17N. The van der Waals surface area contributed by atoms with Crippen molar-refractivity contribution in [3.8, 4) is 0 Å². The fourth-order valence-electron chi connectivity index (χ4n) is 2.18. The Morgan fingerprint density at radius 1 is 1.55 bits per heavy atom. The van der Waals surface area contributed by atoms with E-state index < -0.39 is 0 Å². The number of allylic oxidation sites excluding steroid dienone is 1. The van der Waals surface area contributed by atoms with Gasteiger partial charge < -0.3 is 5.73 Å². The van der Waals surface area contributed by atoms with Gasteiger partial charge >= 0.3 is 0 Å². The van der Waals surface area contributed by atoms with Crippen LogP contribution in [-0.2, 0) is 0 Å². The van der Waals surface area contributed by atoms with Gasteiger partial charge in [0, 0.05) is 0 Å². The van der Waals surface area contributed by atoms with E-state index in [2.05, 4.69) is 6.08 Å². The maximum Gasteiger partial charge on any atom is -0.00399 e. The van der Waals surface area contributed by atoms with Gasteiger partial charge in [-0.25, -0.2) is 0 Å². The first-order chi connectivity index (χ1) is 5.40. The van der Waals surface area contributed by atoms with E-state index in [1.165, 1.54) is 25.7 Å². The van der Waals surface area contributed by atoms with E-state index in [1.807, 2.05) is 0 Å². The molecule has 0 heterocycles. The lowest BCUT2D eigenvalue weighted by atomic mass is 10.1. The van der Waals surface area contributed by atoms with Crippen molar-refractivity contribution >= 4 is 0 Å². The van der Waals surface area contributed by atoms with Crippen LogP contribution in [0.5, 0.6) is 0 Å². The lowest BCUT2D eigenvalue weighted by Gasteiger charge is -2.02. The van der Waals surface area contributed by atoms with Gasteiger partial charge in [0.25, 0.3) is 0 Å². The van der Waals surface area contributed by atoms with Gasteiger partial charge in [-0.2, -0.15) is 0 Å². The van der Waals surface area contributed by atoms with Gasteiger partial charge in [0.1, 0.15) is 0 Å². The van der Waals surface area contributed by atoms with Crippen molar-refractivity contribution in [1.29, 1.82) is 0 Å². The van der Waals surface area contributed by atoms with E-state index in [0.717, 1.165) is 24.8 Å². The van der Waals surface area contributed by atoms with Gasteiger partial charge in [0.05, 0.1) is 0 Å². The minimum Gasteiger partial charge on any atom is -0.330 e. The summed E-state index contributed by atoms with van der Waals surface area (Å²) in [7, 11) is 0. The van der Waals surface area contributed by atoms with Crippen molar-refractivity contribution in [3.05, 3.63) is 11.6 Å². The molecule has 0 radical (unpaired) electrons. The van der Waals surface area contributed by atoms with Crippen LogP contribution in [0.3, 0.4) is 0 Å². The number of nitrogens with two attached hydrogens (primary N) is 1. The molecule has 2 aliphatic carbocycles. The summed E-state index contributed by atoms with van der Waals surface area (Å²) in [5.41, 5.74) is 7.17. The zero-order valence-electron chi connectivity index (χ0n) is 7.05. The van der Waals surface area contributed by atoms with Crippen LogP contribution in [0.15, 0.2) is 11.6 Å². The molecule has 0 saturated heterocycles. The van der Waals surface area contributed by atoms with Gasteiger partial charge in [0.15, 0.2) is 0 Å². The lowest BCUT2D eigenvalue weighted by Crippen LogP contribution is -2.00. The largest absolute Gasteiger partial charge is 0.330 e. The van der Waals surface area contributed by atoms with Gasteiger partial charge in [-0.05, 0) is 50.5 Å². The molecule has 2 unspecified atom stereocenters. The molecule has 0 aromatic heterocycles. The Labute approximate surface area is 68.7 Å². The minimum atomic E-state index is 0.837. The zero-order valence-corrected chi connectivity index (χ0v) is 7.05. The second-order valence-electron chi connectivity index (χ2n) is 3.92. The predicted octanol–water partition coefficient (Wildman–Crippen LogP) is 2.08. The molecule has 1 nitrogen and oxygen atoms in total. The highest BCUT2D eigenvalue weighted by Crippen LogP contribution is 2.46. The van der Waals surface area contributed by atoms with Crippen LogP contribution in [0.1, 0.15) is 32.1 Å². The van der Waals surface area contributed by atoms with Crippen molar-refractivity contribution in [1.82, 2.24) is 0 Å². The van der Waals surface area contributed by atoms with Crippen molar-refractivity contribution in [2.45, 2.75) is 32.1 Å². The molecule has 1 fully saturated rings. The highest BCUT2D eigenvalue weighted by atomic mass is 14.5. The number of hydrogen-bond donors (Lipinski definition) is 1. The molecule has 2 aliphatic rings. The summed E-state index contributed by atoms with van der Waals surface area (Å²) in [6.07, 6.45) is 9.31. The fourth-order valence-corrected chi connectivity index (χ4v) is 2.18. The molecule has 62 valence electrons. The average molecular weight is 151 g/mol. The Balaban J connectivity index is 1.95. The molecule has 0 bridgehead atoms. The van der Waals surface area contributed by atoms with Gasteiger partial charge in [-0.3, -0.25) is 0 Å². The van der Waals surface area contributed by atoms with E-state index >= 15 is 0 Å². The van der Waals surface area contributed by atoms with E-state index in [1.54, 1.807) is 5.57 Å². The normalized spacial score (nSPS) is 35.5. The Bertz CT molecular complexity index is 172. The number of hydrogen-bond acceptors (Lipinski definition) is 1. The molecule has 2 N–H and O–H groups in total. The summed E-state index contributed by atoms with van der Waals surface area (Å²) in [4.78, 5) is 0. The Morgan fingerprint density at radius 3 is 3.27 bits per heavy atom. The highest BCUT2D eigenvalue weighted by molar-refractivity contribution is 5.13. The van der Waals surface area contributed by atoms with E-state index in [9.17, 15) is 0 Å². The van der Waals surface area contributed by atoms with Crippen LogP contribution in [0.4, 0.5) is 0 Å². The summed E-state index contributed by atoms with van der Waals surface area (Å²) < 4.78 is 0. The monoisotopic (exact) mass is 151 g/mol. The molecule has 11 heavy (non-hydrogen) atoms. The average Bonchev–Trinajstić information content (AvgIpc) is 2.65. The van der Waals surface area contributed by atoms with Crippen molar-refractivity contribution in [2.24, 2.45) is 17.6 Å². The van der Waals surface area contributed by atoms with E-state index in [4.69, 9.17) is 5.73 Å². The third-order valence-electron chi connectivity index (χ3n) is 2.97. The van der Waals surface area contributed by atoms with E-state index in [-0.39, 0.29) is 0 Å². The summed E-state index contributed by atoms with van der Waals surface area (Å²) in [6.45, 7) is 0.837. The van der Waals surface area contributed by atoms with Crippen LogP contribution in [0.25, 0.3) is 0 Å². The first-order valence-corrected chi connectivity index (χ1v) is 4.80. The summed E-state index contributed by atoms with van der Waals surface area (Å²) in [5.74, 6) is 2.02. The predicted molar refractivity (Wildman–Crippen MR) is 47.2 cm³/mol. The second kappa shape index (κ2) is 2.98. The van der Waals surface area contributed by atoms with Gasteiger partial charge in [-0.1, -0.05) is 11.6 Å². The molecule has 0 aromatic carbocycles. The minimum absolute atomic E-state index is 0.837. The molecule has 1 heteroatoms. The second-order valence-corrected chi connectivity index (χ2v) is 3.92. The molecule has 0 aromatic rings. The summed E-state index contributed by atoms with van der Waals surface area (Å²) in [6, 6.07) is 0. The van der Waals surface area contributed by atoms with Gasteiger partial charge in [0.2, 0.25) is 0 Å². The quantitative estimate of drug-likeness (QED) is 0.601. The summed E-state index contributed by atoms with van der Waals surface area (Å²) >= 11 is 0. The summed E-state index contributed by atoms with van der Waals surface area (Å²) in [5, 5.41) is 0. The maximum absolute atomic E-state index is 5.53. The molecule has 0 amide bonds. The molecule has 2 rings (SSSR count). The standard InChI is InChI=1S/C10H17N/c11-5-4-8-2-1-3-9-7-10(9)6-8/h6,9-10H,1-5,7,11H2. The zero-order chi connectivity index (χ0) is 7.68. The Kier molecular flexibility index (Phi) is 1.99. The third kappa shape index (κ3) is 1.64. The number of rotatable bonds is 2. The third-order valence-corrected chi connectivity index (χ3v) is 2.97. The van der Waals surface area contributed by atoms with Crippen LogP contribution in [0, 0.1) is 11.8 Å². The topological polar surface area (TPSA) is 26.0 Å². The van der Waals surface area contributed by atoms with Crippen molar-refractivity contribution in [2.75, 3.05) is 6.54 Å². The molecule has 0 spiro atoms. The Hall–Kier alpha value is -0.300. The van der Waals surface area contributed by atoms with Crippen LogP contribution in [-0.4, -0.2) is 6.54 Å². The molecule has 2 atom stereocenters. The smallest absolute Gasteiger partial charge is 0.00399 e. The highest BCUT2D eigenvalue weighted by Gasteiger charge is 2.35. The first kappa shape index (κ1) is 7.35. The molecular weight excluding hydrogens is 134 g/mol. The number of fused-ring (bicyclic) bond motifs is 1. The maximum atomic E-state index is 5.53. The fraction of sp³-hybridized carbons (Fsp3) is 0.800. The van der Waals surface area contributed by atoms with Gasteiger partial charge in [-0.15, -0.1) is 0 Å². The lowest BCUT2D eigenvalue weighted by molar-refractivity contribution is 0.656. The molecule has 0 aliphatic heterocycles. The van der Waals surface area contributed by atoms with E-state index in [0.29, 0.717) is 0 Å². The van der Waals surface area contributed by atoms with Crippen LogP contribution in [0.2, 0.25) is 0 Å².